The van der Waals surface area contributed by atoms with Crippen LogP contribution in [0.3, 0.4) is 0 Å². The van der Waals surface area contributed by atoms with E-state index >= 15 is 0 Å². The van der Waals surface area contributed by atoms with Crippen LogP contribution in [0.2, 0.25) is 0 Å². The number of nitrogens with one attached hydrogen (secondary N) is 3. The van der Waals surface area contributed by atoms with E-state index in [1.54, 1.807) is 7.05 Å². The largest absolute Gasteiger partial charge is 0.390 e. The van der Waals surface area contributed by atoms with Crippen molar-refractivity contribution in [2.24, 2.45) is 4.99 Å². The summed E-state index contributed by atoms with van der Waals surface area (Å²) in [7, 11) is 1.76. The summed E-state index contributed by atoms with van der Waals surface area (Å²) in [6, 6.07) is 0. The zero-order valence-corrected chi connectivity index (χ0v) is 10.5. The van der Waals surface area contributed by atoms with Crippen molar-refractivity contribution < 1.29 is 9.84 Å². The number of aliphatic hydroxyl groups is 1. The van der Waals surface area contributed by atoms with E-state index in [0.717, 1.165) is 0 Å². The van der Waals surface area contributed by atoms with E-state index in [2.05, 4.69) is 27.5 Å². The maximum atomic E-state index is 12.1. The van der Waals surface area contributed by atoms with Gasteiger partial charge in [-0.05, 0) is 6.92 Å². The normalized spacial score (nSPS) is 29.6. The summed E-state index contributed by atoms with van der Waals surface area (Å²) in [6.07, 6.45) is -1.41. The Kier molecular flexibility index (Phi) is 2.83. The minimum absolute atomic E-state index is 0.309. The highest BCUT2D eigenvalue weighted by Crippen LogP contribution is 2.25. The molecule has 1 aromatic rings. The zero-order valence-electron chi connectivity index (χ0n) is 10.5. The smallest absolute Gasteiger partial charge is 0.329 e. The number of rotatable bonds is 2. The number of H-pyrrole nitrogens is 1. The molecule has 0 amide bonds. The average molecular weight is 266 g/mol. The van der Waals surface area contributed by atoms with E-state index in [4.69, 9.17) is 4.74 Å². The Balaban J connectivity index is 2.15. The van der Waals surface area contributed by atoms with Gasteiger partial charge in [-0.3, -0.25) is 0 Å². The van der Waals surface area contributed by atoms with Gasteiger partial charge in [-0.15, -0.1) is 0 Å². The van der Waals surface area contributed by atoms with Gasteiger partial charge < -0.3 is 25.5 Å². The lowest BCUT2D eigenvalue weighted by atomic mass is 10.2. The summed E-state index contributed by atoms with van der Waals surface area (Å²) >= 11 is 0. The van der Waals surface area contributed by atoms with E-state index in [1.165, 1.54) is 4.57 Å². The molecule has 0 aromatic carbocycles. The first kappa shape index (κ1) is 12.2. The fourth-order valence-electron chi connectivity index (χ4n) is 2.40. The highest BCUT2D eigenvalue weighted by molar-refractivity contribution is 5.37. The van der Waals surface area contributed by atoms with Gasteiger partial charge in [0.25, 0.3) is 0 Å². The van der Waals surface area contributed by atoms with Gasteiger partial charge in [0, 0.05) is 13.5 Å². The van der Waals surface area contributed by atoms with Crippen LogP contribution in [0.15, 0.2) is 9.79 Å². The van der Waals surface area contributed by atoms with Crippen LogP contribution in [0.4, 0.5) is 0 Å². The minimum atomic E-state index is -0.670. The van der Waals surface area contributed by atoms with E-state index in [1.807, 2.05) is 0 Å². The van der Waals surface area contributed by atoms with Gasteiger partial charge >= 0.3 is 5.69 Å². The van der Waals surface area contributed by atoms with Crippen molar-refractivity contribution in [2.75, 3.05) is 13.7 Å². The molecule has 4 N–H and O–H groups in total. The topological polar surface area (TPSA) is 104 Å². The molecule has 0 aliphatic carbocycles. The van der Waals surface area contributed by atoms with Crippen molar-refractivity contribution >= 4 is 5.82 Å². The number of aromatic nitrogens is 2. The molecule has 0 saturated carbocycles. The van der Waals surface area contributed by atoms with Crippen molar-refractivity contribution in [2.45, 2.75) is 24.9 Å². The van der Waals surface area contributed by atoms with E-state index in [-0.39, 0.29) is 5.69 Å². The lowest BCUT2D eigenvalue weighted by Gasteiger charge is -2.13. The Hall–Kier alpha value is -1.80. The van der Waals surface area contributed by atoms with Crippen LogP contribution in [0, 0.1) is 6.92 Å². The molecule has 19 heavy (non-hydrogen) atoms. The van der Waals surface area contributed by atoms with Gasteiger partial charge in [0.05, 0.1) is 12.2 Å². The van der Waals surface area contributed by atoms with Gasteiger partial charge in [0.15, 0.2) is 5.49 Å². The average Bonchev–Trinajstić information content (AvgIpc) is 2.88. The second-order valence-corrected chi connectivity index (χ2v) is 4.55. The first-order valence-electron chi connectivity index (χ1n) is 6.09. The molecule has 3 atom stereocenters. The number of hydrogen-bond acceptors (Lipinski definition) is 6. The number of hydrogen-bond donors (Lipinski definition) is 4. The molecule has 1 fully saturated rings. The third-order valence-electron chi connectivity index (χ3n) is 3.38. The summed E-state index contributed by atoms with van der Waals surface area (Å²) in [5.74, 6) is 0.713. The molecule has 8 nitrogen and oxygen atoms in total. The molecule has 103 valence electrons. The number of nitrogens with zero attached hydrogens (tertiary/aromatic N) is 2. The summed E-state index contributed by atoms with van der Waals surface area (Å²) in [5.41, 5.74) is 0.218. The summed E-state index contributed by atoms with van der Waals surface area (Å²) in [4.78, 5) is 19.1. The van der Waals surface area contributed by atoms with Crippen LogP contribution >= 0.6 is 0 Å². The standard InChI is InChI=1S/C11H16N5O3/c1-5-6(17)3-7(19-5)16-10-8(15-11(16)18)9(12-2)13-4-14-10/h5-7,12-13,17H,1,3-4H2,2H3,(H,15,18)/t5-,6+,7-/m1/s1. The van der Waals surface area contributed by atoms with Crippen molar-refractivity contribution in [1.82, 2.24) is 20.2 Å². The van der Waals surface area contributed by atoms with Crippen molar-refractivity contribution in [3.8, 4) is 0 Å². The van der Waals surface area contributed by atoms with Gasteiger partial charge in [-0.25, -0.2) is 14.4 Å². The van der Waals surface area contributed by atoms with Gasteiger partial charge in [-0.1, -0.05) is 0 Å². The SMILES string of the molecule is [CH2][C@H]1O[C@@H](n2c(=O)[nH]c3c2=NCNC=3NC)C[C@@H]1O. The highest BCUT2D eigenvalue weighted by Gasteiger charge is 2.33. The van der Waals surface area contributed by atoms with E-state index < -0.39 is 18.4 Å². The first-order chi connectivity index (χ1) is 9.11. The maximum absolute atomic E-state index is 12.1. The van der Waals surface area contributed by atoms with Crippen LogP contribution in [-0.2, 0) is 4.74 Å². The predicted molar refractivity (Wildman–Crippen MR) is 66.2 cm³/mol. The Bertz CT molecular complexity index is 651. The molecule has 3 rings (SSSR count). The van der Waals surface area contributed by atoms with Crippen LogP contribution < -0.4 is 27.2 Å². The summed E-state index contributed by atoms with van der Waals surface area (Å²) in [6.45, 7) is 4.07. The molecule has 0 bridgehead atoms. The second kappa shape index (κ2) is 4.39. The van der Waals surface area contributed by atoms with Crippen LogP contribution in [-0.4, -0.2) is 40.6 Å². The lowest BCUT2D eigenvalue weighted by Crippen LogP contribution is -2.45. The van der Waals surface area contributed by atoms with Crippen LogP contribution in [0.1, 0.15) is 12.6 Å². The first-order valence-corrected chi connectivity index (χ1v) is 6.09. The third kappa shape index (κ3) is 1.83. The van der Waals surface area contributed by atoms with Gasteiger partial charge in [0.1, 0.15) is 24.1 Å². The summed E-state index contributed by atoms with van der Waals surface area (Å²) < 4.78 is 6.94. The summed E-state index contributed by atoms with van der Waals surface area (Å²) in [5, 5.41) is 16.3. The molecule has 0 unspecified atom stereocenters. The zero-order chi connectivity index (χ0) is 13.6. The monoisotopic (exact) mass is 266 g/mol. The van der Waals surface area contributed by atoms with Crippen LogP contribution in [0.5, 0.6) is 0 Å². The lowest BCUT2D eigenvalue weighted by molar-refractivity contribution is 0.00228. The molecular formula is C11H16N5O3. The fraction of sp³-hybridized carbons (Fsp3) is 0.545. The van der Waals surface area contributed by atoms with E-state index in [0.29, 0.717) is 29.7 Å². The Morgan fingerprint density at radius 3 is 3.05 bits per heavy atom. The number of imidazole rings is 1. The van der Waals surface area contributed by atoms with Gasteiger partial charge in [-0.2, -0.15) is 0 Å². The fourth-order valence-corrected chi connectivity index (χ4v) is 2.40. The molecule has 1 radical (unpaired) electrons. The number of fused-ring (bicyclic) bond motifs is 1. The number of aromatic amines is 1. The molecule has 8 heteroatoms. The van der Waals surface area contributed by atoms with Gasteiger partial charge in [0.2, 0.25) is 0 Å². The third-order valence-corrected chi connectivity index (χ3v) is 3.38. The van der Waals surface area contributed by atoms with Crippen molar-refractivity contribution in [1.29, 1.82) is 0 Å². The molecule has 2 aliphatic heterocycles. The second-order valence-electron chi connectivity index (χ2n) is 4.55. The Labute approximate surface area is 108 Å². The molecule has 2 aliphatic rings. The quantitative estimate of drug-likeness (QED) is 0.460. The molecule has 1 saturated heterocycles. The van der Waals surface area contributed by atoms with E-state index in [9.17, 15) is 9.90 Å². The molecule has 3 heterocycles. The predicted octanol–water partition coefficient (Wildman–Crippen LogP) is -2.88. The Morgan fingerprint density at radius 2 is 2.42 bits per heavy atom. The molecule has 1 aromatic heterocycles. The number of aliphatic hydroxyl groups excluding tert-OH is 1. The maximum Gasteiger partial charge on any atom is 0.329 e. The molecular weight excluding hydrogens is 250 g/mol. The van der Waals surface area contributed by atoms with Crippen LogP contribution in [0.25, 0.3) is 5.82 Å². The Morgan fingerprint density at radius 1 is 1.63 bits per heavy atom. The highest BCUT2D eigenvalue weighted by atomic mass is 16.5. The molecule has 0 spiro atoms. The minimum Gasteiger partial charge on any atom is -0.390 e. The van der Waals surface area contributed by atoms with Crippen molar-refractivity contribution in [3.05, 3.63) is 28.2 Å². The van der Waals surface area contributed by atoms with Crippen molar-refractivity contribution in [3.63, 3.8) is 0 Å². The number of ether oxygens (including phenoxy) is 1.